The SMILES string of the molecule is O=C1CC2CC1C1CSCC21. The third kappa shape index (κ3) is 0.715. The third-order valence-corrected chi connectivity index (χ3v) is 4.97. The summed E-state index contributed by atoms with van der Waals surface area (Å²) in [5, 5.41) is 0. The van der Waals surface area contributed by atoms with E-state index in [9.17, 15) is 4.79 Å². The molecule has 3 aliphatic rings. The number of rotatable bonds is 0. The molecule has 1 aliphatic heterocycles. The molecular weight excluding hydrogens is 156 g/mol. The van der Waals surface area contributed by atoms with Gasteiger partial charge in [0.15, 0.2) is 0 Å². The fourth-order valence-electron chi connectivity index (χ4n) is 3.18. The van der Waals surface area contributed by atoms with Crippen LogP contribution >= 0.6 is 11.8 Å². The number of carbonyl (C=O) groups excluding carboxylic acids is 1. The van der Waals surface area contributed by atoms with Gasteiger partial charge in [-0.1, -0.05) is 0 Å². The molecule has 4 unspecified atom stereocenters. The van der Waals surface area contributed by atoms with Crippen LogP contribution in [0, 0.1) is 23.7 Å². The van der Waals surface area contributed by atoms with Gasteiger partial charge in [0.25, 0.3) is 0 Å². The molecule has 4 atom stereocenters. The summed E-state index contributed by atoms with van der Waals surface area (Å²) in [5.41, 5.74) is 0. The summed E-state index contributed by atoms with van der Waals surface area (Å²) in [7, 11) is 0. The highest BCUT2D eigenvalue weighted by Gasteiger charge is 2.53. The summed E-state index contributed by atoms with van der Waals surface area (Å²) in [6.07, 6.45) is 2.17. The van der Waals surface area contributed by atoms with Crippen LogP contribution in [-0.4, -0.2) is 17.3 Å². The zero-order chi connectivity index (χ0) is 7.42. The summed E-state index contributed by atoms with van der Waals surface area (Å²) in [5.74, 6) is 6.23. The van der Waals surface area contributed by atoms with Crippen molar-refractivity contribution >= 4 is 17.5 Å². The van der Waals surface area contributed by atoms with Crippen LogP contribution in [-0.2, 0) is 4.79 Å². The van der Waals surface area contributed by atoms with Gasteiger partial charge in [-0.05, 0) is 35.7 Å². The summed E-state index contributed by atoms with van der Waals surface area (Å²) in [6.45, 7) is 0. The Morgan fingerprint density at radius 2 is 2.09 bits per heavy atom. The summed E-state index contributed by atoms with van der Waals surface area (Å²) in [4.78, 5) is 11.4. The van der Waals surface area contributed by atoms with E-state index in [0.717, 1.165) is 24.2 Å². The first-order chi connectivity index (χ1) is 5.36. The van der Waals surface area contributed by atoms with Gasteiger partial charge in [-0.25, -0.2) is 0 Å². The molecule has 3 rings (SSSR count). The lowest BCUT2D eigenvalue weighted by Gasteiger charge is -2.21. The van der Waals surface area contributed by atoms with Gasteiger partial charge >= 0.3 is 0 Å². The predicted molar refractivity (Wildman–Crippen MR) is 45.5 cm³/mol. The van der Waals surface area contributed by atoms with E-state index in [1.54, 1.807) is 0 Å². The molecular formula is C9H12OS. The van der Waals surface area contributed by atoms with E-state index in [0.29, 0.717) is 11.7 Å². The zero-order valence-electron chi connectivity index (χ0n) is 6.45. The molecule has 0 aromatic heterocycles. The summed E-state index contributed by atoms with van der Waals surface area (Å²) in [6, 6.07) is 0. The minimum atomic E-state index is 0.500. The predicted octanol–water partition coefficient (Wildman–Crippen LogP) is 1.57. The van der Waals surface area contributed by atoms with E-state index in [2.05, 4.69) is 11.8 Å². The Bertz CT molecular complexity index is 214. The standard InChI is InChI=1S/C9H12OS/c10-9-2-5-1-6(9)8-4-11-3-7(5)8/h5-8H,1-4H2. The Balaban J connectivity index is 1.95. The molecule has 2 bridgehead atoms. The van der Waals surface area contributed by atoms with Crippen LogP contribution in [0.2, 0.25) is 0 Å². The molecule has 11 heavy (non-hydrogen) atoms. The van der Waals surface area contributed by atoms with Crippen LogP contribution in [0.4, 0.5) is 0 Å². The lowest BCUT2D eigenvalue weighted by atomic mass is 9.81. The van der Waals surface area contributed by atoms with Crippen molar-refractivity contribution in [3.05, 3.63) is 0 Å². The average Bonchev–Trinajstić information content (AvgIpc) is 2.52. The van der Waals surface area contributed by atoms with Crippen LogP contribution in [0.5, 0.6) is 0 Å². The second kappa shape index (κ2) is 2.03. The maximum Gasteiger partial charge on any atom is 0.136 e. The monoisotopic (exact) mass is 168 g/mol. The van der Waals surface area contributed by atoms with E-state index in [4.69, 9.17) is 0 Å². The lowest BCUT2D eigenvalue weighted by molar-refractivity contribution is -0.123. The second-order valence-electron chi connectivity index (χ2n) is 4.14. The number of Topliss-reactive ketones (excluding diaryl/α,β-unsaturated/α-hetero) is 1. The molecule has 1 heterocycles. The van der Waals surface area contributed by atoms with Crippen molar-refractivity contribution in [2.24, 2.45) is 23.7 Å². The molecule has 2 aliphatic carbocycles. The first-order valence-corrected chi connectivity index (χ1v) is 5.62. The minimum Gasteiger partial charge on any atom is -0.299 e. The molecule has 3 fully saturated rings. The Morgan fingerprint density at radius 3 is 3.00 bits per heavy atom. The first-order valence-electron chi connectivity index (χ1n) is 4.46. The van der Waals surface area contributed by atoms with Crippen molar-refractivity contribution in [1.29, 1.82) is 0 Å². The fraction of sp³-hybridized carbons (Fsp3) is 0.889. The number of fused-ring (bicyclic) bond motifs is 5. The molecule has 2 heteroatoms. The van der Waals surface area contributed by atoms with E-state index in [1.165, 1.54) is 17.9 Å². The first kappa shape index (κ1) is 6.53. The Hall–Kier alpha value is 0.0200. The summed E-state index contributed by atoms with van der Waals surface area (Å²) < 4.78 is 0. The van der Waals surface area contributed by atoms with E-state index in [1.807, 2.05) is 0 Å². The smallest absolute Gasteiger partial charge is 0.136 e. The molecule has 1 nitrogen and oxygen atoms in total. The van der Waals surface area contributed by atoms with Crippen LogP contribution in [0.15, 0.2) is 0 Å². The number of hydrogen-bond acceptors (Lipinski definition) is 2. The Labute approximate surface area is 70.9 Å². The molecule has 0 aromatic carbocycles. The fourth-order valence-corrected chi connectivity index (χ4v) is 4.86. The van der Waals surface area contributed by atoms with E-state index >= 15 is 0 Å². The van der Waals surface area contributed by atoms with Gasteiger partial charge < -0.3 is 0 Å². The van der Waals surface area contributed by atoms with Gasteiger partial charge in [-0.15, -0.1) is 0 Å². The minimum absolute atomic E-state index is 0.500. The van der Waals surface area contributed by atoms with Crippen molar-refractivity contribution in [1.82, 2.24) is 0 Å². The molecule has 0 radical (unpaired) electrons. The molecule has 2 saturated carbocycles. The number of thioether (sulfide) groups is 1. The molecule has 0 aromatic rings. The van der Waals surface area contributed by atoms with Crippen molar-refractivity contribution < 1.29 is 4.79 Å². The average molecular weight is 168 g/mol. The van der Waals surface area contributed by atoms with Crippen LogP contribution < -0.4 is 0 Å². The number of hydrogen-bond donors (Lipinski definition) is 0. The van der Waals surface area contributed by atoms with Crippen molar-refractivity contribution in [2.75, 3.05) is 11.5 Å². The normalized spacial score (nSPS) is 53.6. The van der Waals surface area contributed by atoms with Crippen LogP contribution in [0.1, 0.15) is 12.8 Å². The van der Waals surface area contributed by atoms with Gasteiger partial charge in [0.1, 0.15) is 5.78 Å². The molecule has 0 N–H and O–H groups in total. The van der Waals surface area contributed by atoms with Gasteiger partial charge in [0.2, 0.25) is 0 Å². The van der Waals surface area contributed by atoms with E-state index < -0.39 is 0 Å². The maximum atomic E-state index is 11.4. The lowest BCUT2D eigenvalue weighted by Crippen LogP contribution is -2.26. The molecule has 1 saturated heterocycles. The highest BCUT2D eigenvalue weighted by molar-refractivity contribution is 7.99. The highest BCUT2D eigenvalue weighted by atomic mass is 32.2. The van der Waals surface area contributed by atoms with Crippen molar-refractivity contribution in [3.8, 4) is 0 Å². The molecule has 0 amide bonds. The van der Waals surface area contributed by atoms with Gasteiger partial charge in [-0.2, -0.15) is 11.8 Å². The van der Waals surface area contributed by atoms with Crippen molar-refractivity contribution in [3.63, 3.8) is 0 Å². The molecule has 0 spiro atoms. The third-order valence-electron chi connectivity index (χ3n) is 3.73. The van der Waals surface area contributed by atoms with Gasteiger partial charge in [0.05, 0.1) is 0 Å². The number of ketones is 1. The molecule has 60 valence electrons. The van der Waals surface area contributed by atoms with Gasteiger partial charge in [0, 0.05) is 12.3 Å². The summed E-state index contributed by atoms with van der Waals surface area (Å²) >= 11 is 2.06. The second-order valence-corrected chi connectivity index (χ2v) is 5.21. The van der Waals surface area contributed by atoms with E-state index in [-0.39, 0.29) is 0 Å². The van der Waals surface area contributed by atoms with Crippen LogP contribution in [0.3, 0.4) is 0 Å². The Morgan fingerprint density at radius 1 is 1.27 bits per heavy atom. The van der Waals surface area contributed by atoms with Crippen LogP contribution in [0.25, 0.3) is 0 Å². The Kier molecular flexibility index (Phi) is 1.21. The zero-order valence-corrected chi connectivity index (χ0v) is 7.27. The number of carbonyl (C=O) groups is 1. The largest absolute Gasteiger partial charge is 0.299 e. The quantitative estimate of drug-likeness (QED) is 0.546. The van der Waals surface area contributed by atoms with Gasteiger partial charge in [-0.3, -0.25) is 4.79 Å². The maximum absolute atomic E-state index is 11.4. The topological polar surface area (TPSA) is 17.1 Å². The van der Waals surface area contributed by atoms with Crippen molar-refractivity contribution in [2.45, 2.75) is 12.8 Å². The highest BCUT2D eigenvalue weighted by Crippen LogP contribution is 2.55.